The zero-order chi connectivity index (χ0) is 12.2. The van der Waals surface area contributed by atoms with Crippen molar-refractivity contribution in [1.82, 2.24) is 10.3 Å². The van der Waals surface area contributed by atoms with Crippen LogP contribution in [0, 0.1) is 5.92 Å². The smallest absolute Gasteiger partial charge is 0.252 e. The van der Waals surface area contributed by atoms with Crippen LogP contribution in [0.4, 0.5) is 0 Å². The number of H-pyrrole nitrogens is 1. The molecule has 0 unspecified atom stereocenters. The molecule has 0 saturated carbocycles. The lowest BCUT2D eigenvalue weighted by molar-refractivity contribution is 0.0931. The molecule has 1 heterocycles. The Labute approximate surface area is 101 Å². The average molecular weight is 228 g/mol. The zero-order valence-electron chi connectivity index (χ0n) is 10.3. The fourth-order valence-corrected chi connectivity index (χ4v) is 2.08. The molecule has 0 aromatic carbocycles. The Balaban J connectivity index is 1.84. The molecule has 2 N–H and O–H groups in total. The molecule has 1 amide bonds. The predicted molar refractivity (Wildman–Crippen MR) is 68.2 cm³/mol. The molecule has 3 rings (SSSR count). The van der Waals surface area contributed by atoms with Crippen LogP contribution >= 0.6 is 0 Å². The quantitative estimate of drug-likeness (QED) is 0.711. The third-order valence-corrected chi connectivity index (χ3v) is 3.62. The molecule has 0 spiro atoms. The highest BCUT2D eigenvalue weighted by Gasteiger charge is 2.28. The minimum Gasteiger partial charge on any atom is -0.352 e. The van der Waals surface area contributed by atoms with Crippen molar-refractivity contribution in [2.24, 2.45) is 5.92 Å². The van der Waals surface area contributed by atoms with Crippen LogP contribution < -0.4 is 5.32 Å². The molecule has 3 aliphatic rings. The maximum atomic E-state index is 12.1. The van der Waals surface area contributed by atoms with E-state index in [0.717, 1.165) is 11.1 Å². The Hall–Kier alpha value is -1.77. The summed E-state index contributed by atoms with van der Waals surface area (Å²) in [6, 6.07) is 6.18. The second-order valence-electron chi connectivity index (χ2n) is 5.14. The largest absolute Gasteiger partial charge is 0.352 e. The van der Waals surface area contributed by atoms with Gasteiger partial charge < -0.3 is 10.3 Å². The first-order chi connectivity index (χ1) is 8.08. The van der Waals surface area contributed by atoms with E-state index in [1.165, 1.54) is 17.0 Å². The number of amides is 1. The van der Waals surface area contributed by atoms with Crippen LogP contribution in [0.5, 0.6) is 0 Å². The van der Waals surface area contributed by atoms with Crippen LogP contribution in [0.3, 0.4) is 0 Å². The van der Waals surface area contributed by atoms with Crippen molar-refractivity contribution in [3.8, 4) is 22.5 Å². The first-order valence-electron chi connectivity index (χ1n) is 6.05. The Kier molecular flexibility index (Phi) is 2.05. The van der Waals surface area contributed by atoms with E-state index in [-0.39, 0.29) is 11.9 Å². The fraction of sp³-hybridized carbons (Fsp3) is 0.357. The molecule has 0 bridgehead atoms. The number of carbonyl (C=O) groups is 1. The van der Waals surface area contributed by atoms with Gasteiger partial charge >= 0.3 is 0 Å². The minimum atomic E-state index is 0.0335. The number of fused-ring (bicyclic) bond motifs is 3. The molecule has 88 valence electrons. The number of pyridine rings is 1. The van der Waals surface area contributed by atoms with Gasteiger partial charge in [-0.25, -0.2) is 0 Å². The van der Waals surface area contributed by atoms with Gasteiger partial charge in [-0.1, -0.05) is 19.9 Å². The van der Waals surface area contributed by atoms with E-state index in [4.69, 9.17) is 0 Å². The van der Waals surface area contributed by atoms with E-state index in [1.807, 2.05) is 19.1 Å². The van der Waals surface area contributed by atoms with Crippen LogP contribution in [0.1, 0.15) is 31.1 Å². The maximum absolute atomic E-state index is 12.1. The zero-order valence-corrected chi connectivity index (χ0v) is 10.3. The summed E-state index contributed by atoms with van der Waals surface area (Å²) >= 11 is 0. The molecule has 1 atom stereocenters. The van der Waals surface area contributed by atoms with E-state index in [9.17, 15) is 4.79 Å². The number of aromatic nitrogens is 1. The molecule has 17 heavy (non-hydrogen) atoms. The standard InChI is InChI=1S/C14H16N2O/c1-7(2)8(3)15-14(17)10-5-4-9-11(10)6-12-13(9)16-12/h4-8,16H,1-3H3,(H,15,17)/t8-/m1/s1. The number of nitrogens with one attached hydrogen (secondary N) is 2. The average Bonchev–Trinajstić information content (AvgIpc) is 2.76. The molecule has 0 aromatic heterocycles. The molecule has 0 saturated heterocycles. The van der Waals surface area contributed by atoms with Crippen LogP contribution in [-0.4, -0.2) is 16.9 Å². The minimum absolute atomic E-state index is 0.0335. The van der Waals surface area contributed by atoms with Crippen LogP contribution in [0.2, 0.25) is 0 Å². The van der Waals surface area contributed by atoms with Gasteiger partial charge in [0.1, 0.15) is 0 Å². The summed E-state index contributed by atoms with van der Waals surface area (Å²) in [6.45, 7) is 6.26. The predicted octanol–water partition coefficient (Wildman–Crippen LogP) is 2.87. The highest BCUT2D eigenvalue weighted by molar-refractivity contribution is 6.07. The third-order valence-electron chi connectivity index (χ3n) is 3.62. The van der Waals surface area contributed by atoms with Crippen LogP contribution in [-0.2, 0) is 0 Å². The second kappa shape index (κ2) is 3.36. The molecule has 3 nitrogen and oxygen atoms in total. The van der Waals surface area contributed by atoms with E-state index >= 15 is 0 Å². The van der Waals surface area contributed by atoms with E-state index < -0.39 is 0 Å². The molecule has 0 aromatic rings. The van der Waals surface area contributed by atoms with E-state index in [1.54, 1.807) is 0 Å². The van der Waals surface area contributed by atoms with Crippen molar-refractivity contribution in [1.29, 1.82) is 0 Å². The Bertz CT molecular complexity index is 568. The van der Waals surface area contributed by atoms with Gasteiger partial charge in [0.05, 0.1) is 11.4 Å². The van der Waals surface area contributed by atoms with Crippen molar-refractivity contribution >= 4 is 5.91 Å². The summed E-state index contributed by atoms with van der Waals surface area (Å²) < 4.78 is 0. The summed E-state index contributed by atoms with van der Waals surface area (Å²) in [4.78, 5) is 15.3. The second-order valence-corrected chi connectivity index (χ2v) is 5.14. The maximum Gasteiger partial charge on any atom is 0.252 e. The van der Waals surface area contributed by atoms with Gasteiger partial charge in [-0.15, -0.1) is 0 Å². The summed E-state index contributed by atoms with van der Waals surface area (Å²) in [7, 11) is 0. The topological polar surface area (TPSA) is 44.9 Å². The Morgan fingerprint density at radius 2 is 2.00 bits per heavy atom. The highest BCUT2D eigenvalue weighted by atomic mass is 16.1. The van der Waals surface area contributed by atoms with Crippen LogP contribution in [0.15, 0.2) is 18.2 Å². The van der Waals surface area contributed by atoms with Crippen molar-refractivity contribution in [2.45, 2.75) is 26.8 Å². The third kappa shape index (κ3) is 1.54. The van der Waals surface area contributed by atoms with Crippen LogP contribution in [0.25, 0.3) is 22.5 Å². The molecule has 3 heteroatoms. The van der Waals surface area contributed by atoms with Gasteiger partial charge in [-0.3, -0.25) is 4.79 Å². The summed E-state index contributed by atoms with van der Waals surface area (Å²) in [6.07, 6.45) is 0. The lowest BCUT2D eigenvalue weighted by atomic mass is 10.1. The Morgan fingerprint density at radius 3 is 2.71 bits per heavy atom. The fourth-order valence-electron chi connectivity index (χ4n) is 2.08. The first-order valence-corrected chi connectivity index (χ1v) is 6.05. The number of aromatic amines is 1. The lowest BCUT2D eigenvalue weighted by Gasteiger charge is -2.17. The summed E-state index contributed by atoms with van der Waals surface area (Å²) in [5.74, 6) is 0.482. The Morgan fingerprint density at radius 1 is 1.24 bits per heavy atom. The van der Waals surface area contributed by atoms with Gasteiger partial charge in [0.2, 0.25) is 0 Å². The molecule has 1 aliphatic heterocycles. The molecular weight excluding hydrogens is 212 g/mol. The SMILES string of the molecule is CC(C)[C@@H](C)NC(=O)c1ccc2c3[nH]c-3cc1-2. The van der Waals surface area contributed by atoms with Gasteiger partial charge in [0.25, 0.3) is 5.91 Å². The number of carbonyl (C=O) groups excluding carboxylic acids is 1. The van der Waals surface area contributed by atoms with Crippen molar-refractivity contribution in [3.63, 3.8) is 0 Å². The van der Waals surface area contributed by atoms with Gasteiger partial charge in [-0.2, -0.15) is 0 Å². The first kappa shape index (κ1) is 10.4. The summed E-state index contributed by atoms with van der Waals surface area (Å²) in [5.41, 5.74) is 5.39. The van der Waals surface area contributed by atoms with E-state index in [0.29, 0.717) is 5.92 Å². The molecular formula is C14H16N2O. The monoisotopic (exact) mass is 228 g/mol. The summed E-state index contributed by atoms with van der Waals surface area (Å²) in [5, 5.41) is 3.04. The van der Waals surface area contributed by atoms with Crippen molar-refractivity contribution < 1.29 is 4.79 Å². The lowest BCUT2D eigenvalue weighted by Crippen LogP contribution is -2.36. The molecule has 0 radical (unpaired) electrons. The molecule has 2 aliphatic carbocycles. The van der Waals surface area contributed by atoms with Gasteiger partial charge in [-0.05, 0) is 30.5 Å². The normalized spacial score (nSPS) is 14.1. The molecule has 0 fully saturated rings. The number of rotatable bonds is 3. The number of hydrogen-bond donors (Lipinski definition) is 2. The van der Waals surface area contributed by atoms with Gasteiger partial charge in [0.15, 0.2) is 0 Å². The van der Waals surface area contributed by atoms with Crippen molar-refractivity contribution in [3.05, 3.63) is 23.8 Å². The van der Waals surface area contributed by atoms with Crippen molar-refractivity contribution in [2.75, 3.05) is 0 Å². The van der Waals surface area contributed by atoms with E-state index in [2.05, 4.69) is 30.2 Å². The number of hydrogen-bond acceptors (Lipinski definition) is 1. The highest BCUT2D eigenvalue weighted by Crippen LogP contribution is 2.45. The van der Waals surface area contributed by atoms with Gasteiger partial charge in [0, 0.05) is 17.2 Å².